The van der Waals surface area contributed by atoms with Gasteiger partial charge >= 0.3 is 6.09 Å². The summed E-state index contributed by atoms with van der Waals surface area (Å²) in [6, 6.07) is 5.45. The van der Waals surface area contributed by atoms with Crippen molar-refractivity contribution in [3.63, 3.8) is 0 Å². The third-order valence-corrected chi connectivity index (χ3v) is 4.62. The first kappa shape index (κ1) is 18.0. The first-order valence-corrected chi connectivity index (χ1v) is 8.71. The Kier molecular flexibility index (Phi) is 5.29. The van der Waals surface area contributed by atoms with Gasteiger partial charge in [-0.2, -0.15) is 0 Å². The molecule has 1 saturated heterocycles. The van der Waals surface area contributed by atoms with Crippen molar-refractivity contribution in [2.24, 2.45) is 0 Å². The molecule has 8 heteroatoms. The number of amides is 3. The fraction of sp³-hybridized carbons (Fsp3) is 0.500. The highest BCUT2D eigenvalue weighted by Gasteiger charge is 2.26. The van der Waals surface area contributed by atoms with Crippen LogP contribution >= 0.6 is 0 Å². The normalized spacial score (nSPS) is 16.8. The maximum absolute atomic E-state index is 12.6. The SMILES string of the molecule is CCOC(=O)N1CCN(C(=O)Cc2ccc3c(c2)N(C)C(=O)CO3)CC1. The highest BCUT2D eigenvalue weighted by molar-refractivity contribution is 5.97. The lowest BCUT2D eigenvalue weighted by molar-refractivity contribution is -0.132. The Balaban J connectivity index is 1.59. The Bertz CT molecular complexity index is 713. The van der Waals surface area contributed by atoms with E-state index in [4.69, 9.17) is 9.47 Å². The largest absolute Gasteiger partial charge is 0.482 e. The van der Waals surface area contributed by atoms with E-state index in [1.807, 2.05) is 12.1 Å². The van der Waals surface area contributed by atoms with Gasteiger partial charge in [0.1, 0.15) is 5.75 Å². The van der Waals surface area contributed by atoms with E-state index in [-0.39, 0.29) is 30.9 Å². The van der Waals surface area contributed by atoms with Gasteiger partial charge < -0.3 is 24.2 Å². The van der Waals surface area contributed by atoms with Crippen molar-refractivity contribution in [3.8, 4) is 5.75 Å². The van der Waals surface area contributed by atoms with Crippen LogP contribution in [0, 0.1) is 0 Å². The van der Waals surface area contributed by atoms with E-state index in [1.165, 1.54) is 0 Å². The van der Waals surface area contributed by atoms with Crippen LogP contribution in [0.1, 0.15) is 12.5 Å². The number of anilines is 1. The molecule has 0 aliphatic carbocycles. The monoisotopic (exact) mass is 361 g/mol. The summed E-state index contributed by atoms with van der Waals surface area (Å²) in [4.78, 5) is 40.9. The Morgan fingerprint density at radius 1 is 1.15 bits per heavy atom. The number of carbonyl (C=O) groups is 3. The number of ether oxygens (including phenoxy) is 2. The fourth-order valence-electron chi connectivity index (χ4n) is 3.07. The Labute approximate surface area is 152 Å². The Hall–Kier alpha value is -2.77. The summed E-state index contributed by atoms with van der Waals surface area (Å²) in [5, 5.41) is 0. The maximum Gasteiger partial charge on any atom is 0.409 e. The summed E-state index contributed by atoms with van der Waals surface area (Å²) in [5.74, 6) is 0.529. The molecular weight excluding hydrogens is 338 g/mol. The van der Waals surface area contributed by atoms with Crippen LogP contribution in [0.3, 0.4) is 0 Å². The third-order valence-electron chi connectivity index (χ3n) is 4.62. The minimum absolute atomic E-state index is 0.000772. The molecule has 0 atom stereocenters. The molecule has 0 spiro atoms. The minimum atomic E-state index is -0.331. The maximum atomic E-state index is 12.6. The fourth-order valence-corrected chi connectivity index (χ4v) is 3.07. The van der Waals surface area contributed by atoms with Crippen molar-refractivity contribution < 1.29 is 23.9 Å². The number of benzene rings is 1. The third kappa shape index (κ3) is 3.74. The van der Waals surface area contributed by atoms with Gasteiger partial charge in [0.2, 0.25) is 5.91 Å². The van der Waals surface area contributed by atoms with E-state index in [0.29, 0.717) is 44.2 Å². The molecule has 0 saturated carbocycles. The smallest absolute Gasteiger partial charge is 0.409 e. The molecule has 0 unspecified atom stereocenters. The van der Waals surface area contributed by atoms with Crippen LogP contribution in [0.25, 0.3) is 0 Å². The zero-order valence-electron chi connectivity index (χ0n) is 15.1. The van der Waals surface area contributed by atoms with E-state index >= 15 is 0 Å². The molecule has 0 bridgehead atoms. The summed E-state index contributed by atoms with van der Waals surface area (Å²) in [6.07, 6.45) is -0.0867. The van der Waals surface area contributed by atoms with Crippen molar-refractivity contribution in [1.29, 1.82) is 0 Å². The zero-order valence-corrected chi connectivity index (χ0v) is 15.1. The number of hydrogen-bond donors (Lipinski definition) is 0. The number of likely N-dealkylation sites (N-methyl/N-ethyl adjacent to an activating group) is 1. The van der Waals surface area contributed by atoms with E-state index < -0.39 is 0 Å². The second-order valence-corrected chi connectivity index (χ2v) is 6.29. The highest BCUT2D eigenvalue weighted by atomic mass is 16.6. The molecule has 2 aliphatic heterocycles. The van der Waals surface area contributed by atoms with Gasteiger partial charge in [-0.25, -0.2) is 4.79 Å². The van der Waals surface area contributed by atoms with Crippen LogP contribution in [0.4, 0.5) is 10.5 Å². The average Bonchev–Trinajstić information content (AvgIpc) is 2.65. The van der Waals surface area contributed by atoms with E-state index in [1.54, 1.807) is 34.7 Å². The van der Waals surface area contributed by atoms with Crippen molar-refractivity contribution in [2.45, 2.75) is 13.3 Å². The number of carbonyl (C=O) groups excluding carboxylic acids is 3. The molecule has 3 amide bonds. The highest BCUT2D eigenvalue weighted by Crippen LogP contribution is 2.32. The molecule has 26 heavy (non-hydrogen) atoms. The van der Waals surface area contributed by atoms with Gasteiger partial charge in [-0.05, 0) is 24.6 Å². The van der Waals surface area contributed by atoms with Crippen LogP contribution in [-0.2, 0) is 20.7 Å². The second-order valence-electron chi connectivity index (χ2n) is 6.29. The van der Waals surface area contributed by atoms with Crippen LogP contribution in [0.2, 0.25) is 0 Å². The van der Waals surface area contributed by atoms with Gasteiger partial charge in [0.15, 0.2) is 6.61 Å². The van der Waals surface area contributed by atoms with E-state index in [9.17, 15) is 14.4 Å². The van der Waals surface area contributed by atoms with Crippen molar-refractivity contribution in [2.75, 3.05) is 51.3 Å². The predicted octanol–water partition coefficient (Wildman–Crippen LogP) is 0.885. The molecule has 8 nitrogen and oxygen atoms in total. The van der Waals surface area contributed by atoms with Gasteiger partial charge in [0.25, 0.3) is 5.91 Å². The van der Waals surface area contributed by atoms with Crippen molar-refractivity contribution in [3.05, 3.63) is 23.8 Å². The summed E-state index contributed by atoms with van der Waals surface area (Å²) >= 11 is 0. The lowest BCUT2D eigenvalue weighted by Gasteiger charge is -2.34. The Morgan fingerprint density at radius 2 is 1.85 bits per heavy atom. The van der Waals surface area contributed by atoms with Gasteiger partial charge in [-0.1, -0.05) is 6.07 Å². The molecular formula is C18H23N3O5. The molecule has 1 aromatic carbocycles. The number of rotatable bonds is 3. The zero-order chi connectivity index (χ0) is 18.7. The van der Waals surface area contributed by atoms with Crippen LogP contribution in [0.15, 0.2) is 18.2 Å². The molecule has 0 N–H and O–H groups in total. The van der Waals surface area contributed by atoms with Gasteiger partial charge in [-0.15, -0.1) is 0 Å². The molecule has 2 aliphatic rings. The van der Waals surface area contributed by atoms with E-state index in [2.05, 4.69) is 0 Å². The summed E-state index contributed by atoms with van der Waals surface area (Å²) in [6.45, 7) is 4.07. The molecule has 0 aromatic heterocycles. The standard InChI is InChI=1S/C18H23N3O5/c1-3-25-18(24)21-8-6-20(7-9-21)16(22)11-13-4-5-15-14(10-13)19(2)17(23)12-26-15/h4-5,10H,3,6-9,11-12H2,1-2H3. The van der Waals surface area contributed by atoms with Gasteiger partial charge in [-0.3, -0.25) is 9.59 Å². The lowest BCUT2D eigenvalue weighted by Crippen LogP contribution is -2.51. The first-order chi connectivity index (χ1) is 12.5. The van der Waals surface area contributed by atoms with Gasteiger partial charge in [0.05, 0.1) is 18.7 Å². The van der Waals surface area contributed by atoms with Crippen LogP contribution < -0.4 is 9.64 Å². The average molecular weight is 361 g/mol. The Morgan fingerprint density at radius 3 is 2.54 bits per heavy atom. The molecule has 1 fully saturated rings. The first-order valence-electron chi connectivity index (χ1n) is 8.71. The lowest BCUT2D eigenvalue weighted by atomic mass is 10.1. The molecule has 3 rings (SSSR count). The molecule has 1 aromatic rings. The molecule has 0 radical (unpaired) electrons. The topological polar surface area (TPSA) is 79.4 Å². The van der Waals surface area contributed by atoms with Crippen LogP contribution in [-0.4, -0.2) is 74.1 Å². The number of fused-ring (bicyclic) bond motifs is 1. The summed E-state index contributed by atoms with van der Waals surface area (Å²) in [7, 11) is 1.70. The number of nitrogens with zero attached hydrogens (tertiary/aromatic N) is 3. The second kappa shape index (κ2) is 7.63. The summed E-state index contributed by atoms with van der Waals surface area (Å²) in [5.41, 5.74) is 1.51. The molecule has 2 heterocycles. The minimum Gasteiger partial charge on any atom is -0.482 e. The van der Waals surface area contributed by atoms with Crippen molar-refractivity contribution >= 4 is 23.6 Å². The molecule has 140 valence electrons. The predicted molar refractivity (Wildman–Crippen MR) is 94.2 cm³/mol. The van der Waals surface area contributed by atoms with E-state index in [0.717, 1.165) is 5.56 Å². The number of piperazine rings is 1. The quantitative estimate of drug-likeness (QED) is 0.799. The summed E-state index contributed by atoms with van der Waals surface area (Å²) < 4.78 is 10.4. The van der Waals surface area contributed by atoms with Gasteiger partial charge in [0, 0.05) is 33.2 Å². The van der Waals surface area contributed by atoms with Crippen LogP contribution in [0.5, 0.6) is 5.75 Å². The van der Waals surface area contributed by atoms with Crippen molar-refractivity contribution in [1.82, 2.24) is 9.80 Å². The number of hydrogen-bond acceptors (Lipinski definition) is 5.